The molecule has 0 bridgehead atoms. The molecule has 2 rings (SSSR count). The molecule has 0 atom stereocenters. The fourth-order valence-corrected chi connectivity index (χ4v) is 1.96. The molecule has 0 aliphatic carbocycles. The van der Waals surface area contributed by atoms with E-state index in [0.29, 0.717) is 17.2 Å². The zero-order valence-corrected chi connectivity index (χ0v) is 11.0. The van der Waals surface area contributed by atoms with Crippen LogP contribution in [0.5, 0.6) is 0 Å². The smallest absolute Gasteiger partial charge is 0.124 e. The van der Waals surface area contributed by atoms with Gasteiger partial charge in [-0.1, -0.05) is 12.2 Å². The molecule has 0 aliphatic rings. The topological polar surface area (TPSA) is 55.3 Å². The van der Waals surface area contributed by atoms with Crippen molar-refractivity contribution in [3.05, 3.63) is 48.2 Å². The van der Waals surface area contributed by atoms with E-state index in [1.807, 2.05) is 24.3 Å². The van der Waals surface area contributed by atoms with Crippen molar-refractivity contribution in [3.63, 3.8) is 0 Å². The lowest BCUT2D eigenvalue weighted by atomic mass is 10.2. The number of nitrogens with two attached hydrogens (primary N) is 1. The molecule has 0 spiro atoms. The van der Waals surface area contributed by atoms with Crippen molar-refractivity contribution in [3.8, 4) is 0 Å². The van der Waals surface area contributed by atoms with E-state index in [-0.39, 0.29) is 0 Å². The fraction of sp³-hybridized carbons (Fsp3) is 0.231. The summed E-state index contributed by atoms with van der Waals surface area (Å²) < 4.78 is 5.36. The molecule has 2 aromatic rings. The Morgan fingerprint density at radius 1 is 1.44 bits per heavy atom. The minimum Gasteiger partial charge on any atom is -0.467 e. The van der Waals surface area contributed by atoms with Gasteiger partial charge < -0.3 is 15.1 Å². The molecule has 0 aliphatic heterocycles. The zero-order valence-electron chi connectivity index (χ0n) is 10.2. The molecule has 18 heavy (non-hydrogen) atoms. The number of pyridine rings is 1. The molecule has 0 amide bonds. The van der Waals surface area contributed by atoms with Crippen molar-refractivity contribution in [2.75, 3.05) is 11.4 Å². The summed E-state index contributed by atoms with van der Waals surface area (Å²) in [6, 6.07) is 7.66. The summed E-state index contributed by atoms with van der Waals surface area (Å²) >= 11 is 5.03. The van der Waals surface area contributed by atoms with Crippen molar-refractivity contribution >= 4 is 22.9 Å². The normalized spacial score (nSPS) is 10.3. The second kappa shape index (κ2) is 5.64. The van der Waals surface area contributed by atoms with Crippen LogP contribution in [-0.4, -0.2) is 16.5 Å². The first-order valence-corrected chi connectivity index (χ1v) is 6.15. The number of hydrogen-bond acceptors (Lipinski definition) is 4. The number of anilines is 1. The monoisotopic (exact) mass is 261 g/mol. The summed E-state index contributed by atoms with van der Waals surface area (Å²) in [4.78, 5) is 6.67. The summed E-state index contributed by atoms with van der Waals surface area (Å²) in [5, 5.41) is 0. The van der Waals surface area contributed by atoms with Gasteiger partial charge in [0.15, 0.2) is 0 Å². The van der Waals surface area contributed by atoms with Crippen LogP contribution < -0.4 is 10.6 Å². The Bertz CT molecular complexity index is 525. The summed E-state index contributed by atoms with van der Waals surface area (Å²) in [7, 11) is 0. The molecule has 5 heteroatoms. The molecule has 0 fully saturated rings. The Kier molecular flexibility index (Phi) is 3.94. The lowest BCUT2D eigenvalue weighted by molar-refractivity contribution is 0.503. The van der Waals surface area contributed by atoms with Gasteiger partial charge in [0.1, 0.15) is 16.4 Å². The number of hydrogen-bond donors (Lipinski definition) is 1. The van der Waals surface area contributed by atoms with Crippen LogP contribution >= 0.6 is 12.2 Å². The predicted molar refractivity (Wildman–Crippen MR) is 75.6 cm³/mol. The maximum atomic E-state index is 5.70. The molecular weight excluding hydrogens is 246 g/mol. The zero-order chi connectivity index (χ0) is 13.0. The Morgan fingerprint density at radius 3 is 2.89 bits per heavy atom. The van der Waals surface area contributed by atoms with Gasteiger partial charge in [0.2, 0.25) is 0 Å². The molecule has 0 unspecified atom stereocenters. The molecule has 2 heterocycles. The standard InChI is InChI=1S/C13H15N3OS/c1-2-16(9-10-5-4-8-17-10)11-6-3-7-15-12(11)13(14)18/h3-8H,2,9H2,1H3,(H2,14,18). The number of nitrogens with zero attached hydrogens (tertiary/aromatic N) is 2. The van der Waals surface area contributed by atoms with E-state index in [4.69, 9.17) is 22.4 Å². The quantitative estimate of drug-likeness (QED) is 0.837. The Labute approximate surface area is 111 Å². The summed E-state index contributed by atoms with van der Waals surface area (Å²) in [5.41, 5.74) is 7.29. The highest BCUT2D eigenvalue weighted by Gasteiger charge is 2.13. The maximum Gasteiger partial charge on any atom is 0.124 e. The average molecular weight is 261 g/mol. The third-order valence-electron chi connectivity index (χ3n) is 2.67. The number of thiocarbonyl (C=S) groups is 1. The van der Waals surface area contributed by atoms with Crippen LogP contribution in [0, 0.1) is 0 Å². The number of aromatic nitrogens is 1. The van der Waals surface area contributed by atoms with E-state index in [1.54, 1.807) is 12.5 Å². The highest BCUT2D eigenvalue weighted by atomic mass is 32.1. The van der Waals surface area contributed by atoms with E-state index < -0.39 is 0 Å². The summed E-state index contributed by atoms with van der Waals surface area (Å²) in [5.74, 6) is 0.898. The molecule has 0 aromatic carbocycles. The van der Waals surface area contributed by atoms with Crippen LogP contribution in [0.1, 0.15) is 18.4 Å². The molecule has 4 nitrogen and oxygen atoms in total. The van der Waals surface area contributed by atoms with Gasteiger partial charge in [-0.3, -0.25) is 4.98 Å². The summed E-state index contributed by atoms with van der Waals surface area (Å²) in [6.07, 6.45) is 3.36. The highest BCUT2D eigenvalue weighted by Crippen LogP contribution is 2.20. The summed E-state index contributed by atoms with van der Waals surface area (Å²) in [6.45, 7) is 3.56. The van der Waals surface area contributed by atoms with Crippen LogP contribution in [-0.2, 0) is 6.54 Å². The van der Waals surface area contributed by atoms with Crippen LogP contribution in [0.2, 0.25) is 0 Å². The number of rotatable bonds is 5. The van der Waals surface area contributed by atoms with Crippen LogP contribution in [0.3, 0.4) is 0 Å². The van der Waals surface area contributed by atoms with Gasteiger partial charge in [0.05, 0.1) is 18.5 Å². The minimum absolute atomic E-state index is 0.309. The predicted octanol–water partition coefficient (Wildman–Crippen LogP) is 2.34. The van der Waals surface area contributed by atoms with Crippen molar-refractivity contribution in [1.29, 1.82) is 0 Å². The van der Waals surface area contributed by atoms with Gasteiger partial charge in [-0.15, -0.1) is 0 Å². The first kappa shape index (κ1) is 12.6. The van der Waals surface area contributed by atoms with E-state index in [9.17, 15) is 0 Å². The van der Waals surface area contributed by atoms with Gasteiger partial charge in [-0.05, 0) is 31.2 Å². The van der Waals surface area contributed by atoms with E-state index >= 15 is 0 Å². The third-order valence-corrected chi connectivity index (χ3v) is 2.86. The molecular formula is C13H15N3OS. The van der Waals surface area contributed by atoms with Crippen molar-refractivity contribution in [1.82, 2.24) is 4.98 Å². The van der Waals surface area contributed by atoms with Gasteiger partial charge >= 0.3 is 0 Å². The number of furan rings is 1. The molecule has 0 saturated carbocycles. The molecule has 0 radical (unpaired) electrons. The minimum atomic E-state index is 0.309. The first-order chi connectivity index (χ1) is 8.72. The van der Waals surface area contributed by atoms with Crippen molar-refractivity contribution in [2.24, 2.45) is 5.73 Å². The molecule has 2 aromatic heterocycles. The van der Waals surface area contributed by atoms with Crippen LogP contribution in [0.25, 0.3) is 0 Å². The molecule has 2 N–H and O–H groups in total. The average Bonchev–Trinajstić information content (AvgIpc) is 2.88. The Balaban J connectivity index is 2.30. The van der Waals surface area contributed by atoms with Gasteiger partial charge in [-0.2, -0.15) is 0 Å². The van der Waals surface area contributed by atoms with Crippen molar-refractivity contribution in [2.45, 2.75) is 13.5 Å². The van der Waals surface area contributed by atoms with Gasteiger partial charge in [0, 0.05) is 12.7 Å². The van der Waals surface area contributed by atoms with Gasteiger partial charge in [0.25, 0.3) is 0 Å². The lowest BCUT2D eigenvalue weighted by Gasteiger charge is -2.23. The molecule has 94 valence electrons. The van der Waals surface area contributed by atoms with Crippen molar-refractivity contribution < 1.29 is 4.42 Å². The van der Waals surface area contributed by atoms with E-state index in [0.717, 1.165) is 18.0 Å². The largest absolute Gasteiger partial charge is 0.467 e. The lowest BCUT2D eigenvalue weighted by Crippen LogP contribution is -2.26. The Hall–Kier alpha value is -1.88. The van der Waals surface area contributed by atoms with Crippen LogP contribution in [0.15, 0.2) is 41.1 Å². The molecule has 0 saturated heterocycles. The van der Waals surface area contributed by atoms with E-state index in [1.165, 1.54) is 0 Å². The maximum absolute atomic E-state index is 5.70. The van der Waals surface area contributed by atoms with Gasteiger partial charge in [-0.25, -0.2) is 0 Å². The second-order valence-corrected chi connectivity index (χ2v) is 4.27. The first-order valence-electron chi connectivity index (χ1n) is 5.74. The fourth-order valence-electron chi connectivity index (χ4n) is 1.80. The van der Waals surface area contributed by atoms with E-state index in [2.05, 4.69) is 16.8 Å². The SMILES string of the molecule is CCN(Cc1ccco1)c1cccnc1C(N)=S. The second-order valence-electron chi connectivity index (χ2n) is 3.83. The highest BCUT2D eigenvalue weighted by molar-refractivity contribution is 7.80. The third kappa shape index (κ3) is 2.68. The Morgan fingerprint density at radius 2 is 2.28 bits per heavy atom. The van der Waals surface area contributed by atoms with Crippen LogP contribution in [0.4, 0.5) is 5.69 Å².